The van der Waals surface area contributed by atoms with Gasteiger partial charge in [-0.05, 0) is 18.4 Å². The van der Waals surface area contributed by atoms with Gasteiger partial charge in [0.15, 0.2) is 6.61 Å². The number of ether oxygens (including phenoxy) is 2. The van der Waals surface area contributed by atoms with Crippen molar-refractivity contribution in [2.24, 2.45) is 0 Å². The Bertz CT molecular complexity index is 538. The smallest absolute Gasteiger partial charge is 0.341 e. The molecule has 0 bridgehead atoms. The number of pyridine rings is 1. The van der Waals surface area contributed by atoms with E-state index in [0.717, 1.165) is 0 Å². The van der Waals surface area contributed by atoms with E-state index in [1.165, 1.54) is 18.9 Å². The van der Waals surface area contributed by atoms with Crippen LogP contribution in [0, 0.1) is 0 Å². The molecule has 0 aromatic carbocycles. The lowest BCUT2D eigenvalue weighted by molar-refractivity contribution is -0.123. The van der Waals surface area contributed by atoms with Gasteiger partial charge in [-0.3, -0.25) is 10.1 Å². The van der Waals surface area contributed by atoms with Crippen LogP contribution >= 0.6 is 11.8 Å². The van der Waals surface area contributed by atoms with Crippen LogP contribution in [0.5, 0.6) is 0 Å². The number of imide groups is 1. The number of hydrogen-bond donors (Lipinski definition) is 2. The van der Waals surface area contributed by atoms with Crippen LogP contribution in [-0.2, 0) is 14.3 Å². The van der Waals surface area contributed by atoms with Crippen molar-refractivity contribution in [3.8, 4) is 0 Å². The summed E-state index contributed by atoms with van der Waals surface area (Å²) >= 11 is 1.29. The summed E-state index contributed by atoms with van der Waals surface area (Å²) in [6.07, 6.45) is 3.33. The van der Waals surface area contributed by atoms with Crippen molar-refractivity contribution in [3.63, 3.8) is 0 Å². The maximum atomic E-state index is 11.9. The molecule has 0 atom stereocenters. The van der Waals surface area contributed by atoms with Gasteiger partial charge in [0.1, 0.15) is 5.03 Å². The van der Waals surface area contributed by atoms with Crippen LogP contribution < -0.4 is 10.6 Å². The van der Waals surface area contributed by atoms with Crippen molar-refractivity contribution >= 4 is 29.7 Å². The lowest BCUT2D eigenvalue weighted by atomic mass is 10.3. The fourth-order valence-electron chi connectivity index (χ4n) is 1.39. The van der Waals surface area contributed by atoms with Crippen molar-refractivity contribution in [1.82, 2.24) is 15.6 Å². The fraction of sp³-hybridized carbons (Fsp3) is 0.385. The predicted octanol–water partition coefficient (Wildman–Crippen LogP) is 0.432. The normalized spacial score (nSPS) is 9.91. The SMILES string of the molecule is COCCNC(=O)NC(=O)COC(=O)c1cccnc1SC. The molecule has 0 unspecified atom stereocenters. The number of rotatable bonds is 7. The second kappa shape index (κ2) is 9.74. The molecule has 0 aliphatic heterocycles. The molecule has 1 rings (SSSR count). The second-order valence-electron chi connectivity index (χ2n) is 3.93. The van der Waals surface area contributed by atoms with Gasteiger partial charge in [0.25, 0.3) is 5.91 Å². The van der Waals surface area contributed by atoms with E-state index >= 15 is 0 Å². The van der Waals surface area contributed by atoms with Gasteiger partial charge in [-0.15, -0.1) is 11.8 Å². The Morgan fingerprint density at radius 1 is 1.36 bits per heavy atom. The monoisotopic (exact) mass is 327 g/mol. The van der Waals surface area contributed by atoms with Crippen molar-refractivity contribution in [2.45, 2.75) is 5.03 Å². The Labute approximate surface area is 132 Å². The predicted molar refractivity (Wildman–Crippen MR) is 79.7 cm³/mol. The standard InChI is InChI=1S/C13H17N3O5S/c1-20-7-6-15-13(19)16-10(17)8-21-12(18)9-4-3-5-14-11(9)22-2/h3-5H,6-8H2,1-2H3,(H2,15,16,17,19). The molecule has 9 heteroatoms. The highest BCUT2D eigenvalue weighted by molar-refractivity contribution is 7.98. The Hall–Kier alpha value is -2.13. The van der Waals surface area contributed by atoms with Crippen molar-refractivity contribution in [2.75, 3.05) is 33.1 Å². The largest absolute Gasteiger partial charge is 0.452 e. The highest BCUT2D eigenvalue weighted by Gasteiger charge is 2.15. The lowest BCUT2D eigenvalue weighted by Crippen LogP contribution is -2.42. The van der Waals surface area contributed by atoms with Gasteiger partial charge in [0.05, 0.1) is 12.2 Å². The number of urea groups is 1. The Balaban J connectivity index is 2.40. The number of esters is 1. The number of aromatic nitrogens is 1. The fourth-order valence-corrected chi connectivity index (χ4v) is 1.93. The molecule has 2 N–H and O–H groups in total. The average molecular weight is 327 g/mol. The average Bonchev–Trinajstić information content (AvgIpc) is 2.52. The summed E-state index contributed by atoms with van der Waals surface area (Å²) in [5.41, 5.74) is 0.271. The zero-order valence-electron chi connectivity index (χ0n) is 12.3. The second-order valence-corrected chi connectivity index (χ2v) is 4.73. The first kappa shape index (κ1) is 17.9. The molecule has 0 aliphatic carbocycles. The van der Waals surface area contributed by atoms with E-state index < -0.39 is 24.5 Å². The zero-order valence-corrected chi connectivity index (χ0v) is 13.1. The third-order valence-corrected chi connectivity index (χ3v) is 3.08. The maximum absolute atomic E-state index is 11.9. The quantitative estimate of drug-likeness (QED) is 0.425. The molecule has 8 nitrogen and oxygen atoms in total. The molecule has 120 valence electrons. The molecule has 0 saturated carbocycles. The number of nitrogens with zero attached hydrogens (tertiary/aromatic N) is 1. The molecule has 1 heterocycles. The molecule has 22 heavy (non-hydrogen) atoms. The highest BCUT2D eigenvalue weighted by Crippen LogP contribution is 2.17. The third kappa shape index (κ3) is 6.10. The number of thioether (sulfide) groups is 1. The van der Waals surface area contributed by atoms with E-state index in [1.807, 2.05) is 5.32 Å². The molecule has 0 fully saturated rings. The molecular formula is C13H17N3O5S. The van der Waals surface area contributed by atoms with Crippen molar-refractivity contribution in [3.05, 3.63) is 23.9 Å². The molecular weight excluding hydrogens is 310 g/mol. The van der Waals surface area contributed by atoms with Crippen LogP contribution in [0.3, 0.4) is 0 Å². The van der Waals surface area contributed by atoms with E-state index in [1.54, 1.807) is 24.6 Å². The summed E-state index contributed by atoms with van der Waals surface area (Å²) in [5.74, 6) is -1.40. The molecule has 0 aliphatic rings. The van der Waals surface area contributed by atoms with Gasteiger partial charge < -0.3 is 14.8 Å². The number of amides is 3. The summed E-state index contributed by atoms with van der Waals surface area (Å²) in [7, 11) is 1.49. The number of methoxy groups -OCH3 is 1. The summed E-state index contributed by atoms with van der Waals surface area (Å²) in [4.78, 5) is 38.6. The number of nitrogens with one attached hydrogen (secondary N) is 2. The van der Waals surface area contributed by atoms with E-state index in [2.05, 4.69) is 10.3 Å². The Kier molecular flexibility index (Phi) is 7.94. The minimum atomic E-state index is -0.724. The molecule has 0 spiro atoms. The number of hydrogen-bond acceptors (Lipinski definition) is 7. The summed E-state index contributed by atoms with van der Waals surface area (Å²) in [5, 5.41) is 4.94. The molecule has 1 aromatic heterocycles. The van der Waals surface area contributed by atoms with Gasteiger partial charge in [-0.25, -0.2) is 14.6 Å². The van der Waals surface area contributed by atoms with Crippen LogP contribution in [0.1, 0.15) is 10.4 Å². The molecule has 1 aromatic rings. The lowest BCUT2D eigenvalue weighted by Gasteiger charge is -2.08. The minimum absolute atomic E-state index is 0.266. The topological polar surface area (TPSA) is 107 Å². The first-order valence-corrected chi connectivity index (χ1v) is 7.53. The summed E-state index contributed by atoms with van der Waals surface area (Å²) < 4.78 is 9.59. The Morgan fingerprint density at radius 3 is 2.82 bits per heavy atom. The van der Waals surface area contributed by atoms with Crippen LogP contribution in [-0.4, -0.2) is 56.0 Å². The third-order valence-electron chi connectivity index (χ3n) is 2.36. The Morgan fingerprint density at radius 2 is 2.14 bits per heavy atom. The van der Waals surface area contributed by atoms with Crippen LogP contribution in [0.2, 0.25) is 0 Å². The minimum Gasteiger partial charge on any atom is -0.452 e. The first-order valence-electron chi connectivity index (χ1n) is 6.31. The van der Waals surface area contributed by atoms with Gasteiger partial charge in [-0.2, -0.15) is 0 Å². The van der Waals surface area contributed by atoms with E-state index in [9.17, 15) is 14.4 Å². The number of carbonyl (C=O) groups excluding carboxylic acids is 3. The molecule has 3 amide bonds. The maximum Gasteiger partial charge on any atom is 0.341 e. The van der Waals surface area contributed by atoms with Crippen molar-refractivity contribution < 1.29 is 23.9 Å². The van der Waals surface area contributed by atoms with Gasteiger partial charge >= 0.3 is 12.0 Å². The summed E-state index contributed by atoms with van der Waals surface area (Å²) in [6.45, 7) is 0.0382. The number of carbonyl (C=O) groups is 3. The van der Waals surface area contributed by atoms with Crippen LogP contribution in [0.25, 0.3) is 0 Å². The summed E-state index contributed by atoms with van der Waals surface area (Å²) in [6, 6.07) is 2.47. The zero-order chi connectivity index (χ0) is 16.4. The van der Waals surface area contributed by atoms with E-state index in [-0.39, 0.29) is 12.1 Å². The van der Waals surface area contributed by atoms with E-state index in [4.69, 9.17) is 9.47 Å². The highest BCUT2D eigenvalue weighted by atomic mass is 32.2. The van der Waals surface area contributed by atoms with Crippen LogP contribution in [0.15, 0.2) is 23.4 Å². The van der Waals surface area contributed by atoms with Crippen LogP contribution in [0.4, 0.5) is 4.79 Å². The van der Waals surface area contributed by atoms with Crippen molar-refractivity contribution in [1.29, 1.82) is 0 Å². The van der Waals surface area contributed by atoms with Gasteiger partial charge in [0.2, 0.25) is 0 Å². The molecule has 0 saturated heterocycles. The van der Waals surface area contributed by atoms with Gasteiger partial charge in [0, 0.05) is 19.9 Å². The van der Waals surface area contributed by atoms with E-state index in [0.29, 0.717) is 11.6 Å². The first-order chi connectivity index (χ1) is 10.6. The molecule has 0 radical (unpaired) electrons. The van der Waals surface area contributed by atoms with Gasteiger partial charge in [-0.1, -0.05) is 0 Å².